The van der Waals surface area contributed by atoms with E-state index in [1.54, 1.807) is 0 Å². The second-order valence-electron chi connectivity index (χ2n) is 7.68. The van der Waals surface area contributed by atoms with Gasteiger partial charge in [-0.15, -0.1) is 0 Å². The number of benzene rings is 1. The molecule has 6 nitrogen and oxygen atoms in total. The number of hydrogen-bond acceptors (Lipinski definition) is 5. The van der Waals surface area contributed by atoms with Crippen molar-refractivity contribution in [3.8, 4) is 0 Å². The Balaban J connectivity index is 1.90. The first-order valence-corrected chi connectivity index (χ1v) is 11.5. The number of rotatable bonds is 7. The fourth-order valence-corrected chi connectivity index (χ4v) is 4.35. The van der Waals surface area contributed by atoms with E-state index in [0.717, 1.165) is 25.1 Å². The van der Waals surface area contributed by atoms with Crippen LogP contribution in [0.5, 0.6) is 0 Å². The SMILES string of the molecule is CCO[C@@H]1OC(C(=O)N2CCN(C)CC2)=C[C@H](c2ccc(I)cc2)[C@H]1CCCO. The average Bonchev–Trinajstić information content (AvgIpc) is 2.73. The number of likely N-dealkylation sites (N-methyl/N-ethyl adjacent to an activating group) is 1. The number of hydrogen-bond donors (Lipinski definition) is 1. The van der Waals surface area contributed by atoms with Crippen LogP contribution < -0.4 is 0 Å². The van der Waals surface area contributed by atoms with Crippen LogP contribution in [0.4, 0.5) is 0 Å². The highest BCUT2D eigenvalue weighted by atomic mass is 127. The van der Waals surface area contributed by atoms with E-state index in [-0.39, 0.29) is 24.3 Å². The molecule has 0 spiro atoms. The quantitative estimate of drug-likeness (QED) is 0.568. The fourth-order valence-electron chi connectivity index (χ4n) is 3.99. The molecule has 1 N–H and O–H groups in total. The van der Waals surface area contributed by atoms with Gasteiger partial charge in [0.15, 0.2) is 5.76 Å². The minimum Gasteiger partial charge on any atom is -0.459 e. The smallest absolute Gasteiger partial charge is 0.288 e. The van der Waals surface area contributed by atoms with E-state index in [1.807, 2.05) is 17.9 Å². The van der Waals surface area contributed by atoms with Gasteiger partial charge in [0.05, 0.1) is 0 Å². The number of halogens is 1. The molecule has 0 aliphatic carbocycles. The van der Waals surface area contributed by atoms with Crippen molar-refractivity contribution >= 4 is 28.5 Å². The second kappa shape index (κ2) is 10.7. The van der Waals surface area contributed by atoms with E-state index in [0.29, 0.717) is 31.9 Å². The van der Waals surface area contributed by atoms with Crippen molar-refractivity contribution in [3.05, 3.63) is 45.2 Å². The number of nitrogens with zero attached hydrogens (tertiary/aromatic N) is 2. The largest absolute Gasteiger partial charge is 0.459 e. The predicted molar refractivity (Wildman–Crippen MR) is 120 cm³/mol. The van der Waals surface area contributed by atoms with Gasteiger partial charge < -0.3 is 24.4 Å². The molecule has 1 saturated heterocycles. The van der Waals surface area contributed by atoms with Crippen LogP contribution >= 0.6 is 22.6 Å². The maximum atomic E-state index is 13.2. The number of aliphatic hydroxyl groups is 1. The topological polar surface area (TPSA) is 62.2 Å². The van der Waals surface area contributed by atoms with Gasteiger partial charge in [0.2, 0.25) is 6.29 Å². The van der Waals surface area contributed by atoms with Crippen molar-refractivity contribution in [1.82, 2.24) is 9.80 Å². The average molecular weight is 514 g/mol. The number of ether oxygens (including phenoxy) is 2. The first-order chi connectivity index (χ1) is 14.0. The van der Waals surface area contributed by atoms with E-state index in [2.05, 4.69) is 58.8 Å². The van der Waals surface area contributed by atoms with Gasteiger partial charge in [-0.25, -0.2) is 0 Å². The zero-order valence-electron chi connectivity index (χ0n) is 17.2. The van der Waals surface area contributed by atoms with E-state index in [1.165, 1.54) is 3.57 Å². The molecule has 0 aromatic heterocycles. The van der Waals surface area contributed by atoms with Crippen molar-refractivity contribution in [2.24, 2.45) is 5.92 Å². The molecular weight excluding hydrogens is 483 g/mol. The highest BCUT2D eigenvalue weighted by molar-refractivity contribution is 14.1. The summed E-state index contributed by atoms with van der Waals surface area (Å²) in [7, 11) is 2.07. The Morgan fingerprint density at radius 2 is 1.93 bits per heavy atom. The monoisotopic (exact) mass is 514 g/mol. The molecule has 1 aromatic rings. The van der Waals surface area contributed by atoms with Crippen molar-refractivity contribution < 1.29 is 19.4 Å². The maximum Gasteiger partial charge on any atom is 0.288 e. The highest BCUT2D eigenvalue weighted by Crippen LogP contribution is 2.39. The van der Waals surface area contributed by atoms with Gasteiger partial charge in [0, 0.05) is 54.8 Å². The normalized spacial score (nSPS) is 25.4. The summed E-state index contributed by atoms with van der Waals surface area (Å²) < 4.78 is 13.2. The molecule has 0 saturated carbocycles. The molecule has 2 aliphatic rings. The third kappa shape index (κ3) is 5.71. The zero-order chi connectivity index (χ0) is 20.8. The van der Waals surface area contributed by atoms with Crippen LogP contribution in [0.1, 0.15) is 31.2 Å². The first-order valence-electron chi connectivity index (χ1n) is 10.4. The molecule has 7 heteroatoms. The van der Waals surface area contributed by atoms with Gasteiger partial charge in [0.1, 0.15) is 0 Å². The van der Waals surface area contributed by atoms with Crippen LogP contribution in [-0.2, 0) is 14.3 Å². The highest BCUT2D eigenvalue weighted by Gasteiger charge is 2.39. The summed E-state index contributed by atoms with van der Waals surface area (Å²) in [6.45, 7) is 5.73. The summed E-state index contributed by atoms with van der Waals surface area (Å²) >= 11 is 2.30. The first kappa shape index (κ1) is 22.5. The lowest BCUT2D eigenvalue weighted by atomic mass is 9.80. The zero-order valence-corrected chi connectivity index (χ0v) is 19.4. The molecule has 3 rings (SSSR count). The lowest BCUT2D eigenvalue weighted by Gasteiger charge is -2.39. The molecule has 3 atom stereocenters. The van der Waals surface area contributed by atoms with E-state index >= 15 is 0 Å². The lowest BCUT2D eigenvalue weighted by Crippen LogP contribution is -2.49. The molecule has 2 aliphatic heterocycles. The maximum absolute atomic E-state index is 13.2. The molecule has 2 heterocycles. The Morgan fingerprint density at radius 1 is 1.24 bits per heavy atom. The Kier molecular flexibility index (Phi) is 8.35. The summed E-state index contributed by atoms with van der Waals surface area (Å²) in [6, 6.07) is 8.39. The number of allylic oxidation sites excluding steroid dienone is 1. The number of carbonyl (C=O) groups is 1. The molecule has 0 unspecified atom stereocenters. The van der Waals surface area contributed by atoms with Gasteiger partial charge >= 0.3 is 0 Å². The number of amides is 1. The van der Waals surface area contributed by atoms with Gasteiger partial charge in [-0.05, 0) is 73.2 Å². The van der Waals surface area contributed by atoms with Crippen LogP contribution in [0, 0.1) is 9.49 Å². The summed E-state index contributed by atoms with van der Waals surface area (Å²) in [5.41, 5.74) is 1.14. The fraction of sp³-hybridized carbons (Fsp3) is 0.591. The lowest BCUT2D eigenvalue weighted by molar-refractivity contribution is -0.170. The van der Waals surface area contributed by atoms with Crippen molar-refractivity contribution in [3.63, 3.8) is 0 Å². The minimum absolute atomic E-state index is 0.00950. The van der Waals surface area contributed by atoms with Crippen LogP contribution in [0.2, 0.25) is 0 Å². The third-order valence-electron chi connectivity index (χ3n) is 5.67. The van der Waals surface area contributed by atoms with E-state index in [4.69, 9.17) is 9.47 Å². The van der Waals surface area contributed by atoms with Gasteiger partial charge in [-0.3, -0.25) is 4.79 Å². The Bertz CT molecular complexity index is 701. The Morgan fingerprint density at radius 3 is 2.55 bits per heavy atom. The Hall–Kier alpha value is -1.16. The molecular formula is C22H31IN2O4. The molecule has 0 bridgehead atoms. The summed E-state index contributed by atoms with van der Waals surface area (Å²) in [5, 5.41) is 9.38. The van der Waals surface area contributed by atoms with Crippen LogP contribution in [0.25, 0.3) is 0 Å². The summed E-state index contributed by atoms with van der Waals surface area (Å²) in [5.74, 6) is 0.386. The number of piperazine rings is 1. The van der Waals surface area contributed by atoms with Crippen LogP contribution in [0.15, 0.2) is 36.1 Å². The molecule has 0 radical (unpaired) electrons. The van der Waals surface area contributed by atoms with Gasteiger partial charge in [-0.2, -0.15) is 0 Å². The molecule has 29 heavy (non-hydrogen) atoms. The van der Waals surface area contributed by atoms with Crippen LogP contribution in [-0.4, -0.2) is 73.5 Å². The number of carbonyl (C=O) groups excluding carboxylic acids is 1. The number of aliphatic hydroxyl groups excluding tert-OH is 1. The molecule has 160 valence electrons. The molecule has 1 amide bonds. The van der Waals surface area contributed by atoms with E-state index in [9.17, 15) is 9.90 Å². The molecule has 1 aromatic carbocycles. The second-order valence-corrected chi connectivity index (χ2v) is 8.92. The molecule has 1 fully saturated rings. The standard InChI is InChI=1S/C22H31IN2O4/c1-3-28-22-18(5-4-14-26)19(16-6-8-17(23)9-7-16)15-20(29-22)21(27)25-12-10-24(2)11-13-25/h6-9,15,18-19,22,26H,3-5,10-14H2,1-2H3/t18-,19-,22-/m1/s1. The summed E-state index contributed by atoms with van der Waals surface area (Å²) in [6.07, 6.45) is 2.92. The predicted octanol–water partition coefficient (Wildman–Crippen LogP) is 2.81. The van der Waals surface area contributed by atoms with Crippen molar-refractivity contribution in [2.45, 2.75) is 32.0 Å². The van der Waals surface area contributed by atoms with E-state index < -0.39 is 6.29 Å². The van der Waals surface area contributed by atoms with Gasteiger partial charge in [-0.1, -0.05) is 12.1 Å². The van der Waals surface area contributed by atoms with Crippen molar-refractivity contribution in [2.75, 3.05) is 46.4 Å². The Labute approximate surface area is 187 Å². The minimum atomic E-state index is -0.493. The van der Waals surface area contributed by atoms with Crippen molar-refractivity contribution in [1.29, 1.82) is 0 Å². The summed E-state index contributed by atoms with van der Waals surface area (Å²) in [4.78, 5) is 17.3. The van der Waals surface area contributed by atoms with Crippen LogP contribution in [0.3, 0.4) is 0 Å². The van der Waals surface area contributed by atoms with Gasteiger partial charge in [0.25, 0.3) is 5.91 Å². The third-order valence-corrected chi connectivity index (χ3v) is 6.39.